The van der Waals surface area contributed by atoms with E-state index in [4.69, 9.17) is 24.5 Å². The molecule has 0 heterocycles. The van der Waals surface area contributed by atoms with Crippen LogP contribution in [0.4, 0.5) is 0 Å². The number of hydrogen-bond acceptors (Lipinski definition) is 5. The molecule has 0 unspecified atom stereocenters. The van der Waals surface area contributed by atoms with E-state index < -0.39 is 28.1 Å². The van der Waals surface area contributed by atoms with Crippen molar-refractivity contribution in [2.75, 3.05) is 19.1 Å². The van der Waals surface area contributed by atoms with E-state index in [1.807, 2.05) is 0 Å². The van der Waals surface area contributed by atoms with Gasteiger partial charge in [0, 0.05) is 6.54 Å². The van der Waals surface area contributed by atoms with Gasteiger partial charge in [0.05, 0.1) is 0 Å². The van der Waals surface area contributed by atoms with Gasteiger partial charge in [-0.1, -0.05) is 64.7 Å². The molecule has 140 valence electrons. The second-order valence-electron chi connectivity index (χ2n) is 6.22. The Morgan fingerprint density at radius 1 is 0.826 bits per heavy atom. The van der Waals surface area contributed by atoms with Crippen molar-refractivity contribution >= 4 is 15.5 Å². The van der Waals surface area contributed by atoms with Gasteiger partial charge in [-0.25, -0.2) is 0 Å². The smallest absolute Gasteiger partial charge is 0.324 e. The molecule has 0 aliphatic carbocycles. The van der Waals surface area contributed by atoms with Crippen molar-refractivity contribution in [3.05, 3.63) is 0 Å². The summed E-state index contributed by atoms with van der Waals surface area (Å²) in [4.78, 5) is 46.4. The average molecular weight is 374 g/mol. The molecular weight excluding hydrogens is 340 g/mol. The zero-order valence-electron chi connectivity index (χ0n) is 14.2. The molecule has 0 aromatic heterocycles. The minimum absolute atomic E-state index is 0.338. The van der Waals surface area contributed by atoms with Crippen molar-refractivity contribution < 1.29 is 29.0 Å². The molecule has 23 heavy (non-hydrogen) atoms. The average Bonchev–Trinajstić information content (AvgIpc) is 2.37. The highest BCUT2D eigenvalue weighted by atomic mass is 31.2. The largest absolute Gasteiger partial charge is 0.419 e. The normalized spacial score (nSPS) is 13.0. The van der Waals surface area contributed by atoms with Gasteiger partial charge in [0.2, 0.25) is 0 Å². The molecule has 9 heteroatoms. The fourth-order valence-corrected chi connectivity index (χ4v) is 4.24. The Bertz CT molecular complexity index is 332. The highest BCUT2D eigenvalue weighted by Crippen LogP contribution is 2.47. The van der Waals surface area contributed by atoms with Gasteiger partial charge in [-0.15, -0.1) is 0 Å². The maximum absolute atomic E-state index is 11.0. The molecule has 0 rings (SSSR count). The highest BCUT2D eigenvalue weighted by molar-refractivity contribution is 7.58. The minimum atomic E-state index is -4.28. The van der Waals surface area contributed by atoms with Gasteiger partial charge in [0.1, 0.15) is 6.29 Å². The molecule has 0 fully saturated rings. The van der Waals surface area contributed by atoms with Crippen LogP contribution in [0.5, 0.6) is 0 Å². The summed E-state index contributed by atoms with van der Waals surface area (Å²) in [5, 5.41) is 0. The zero-order valence-corrected chi connectivity index (χ0v) is 16.0. The topological polar surface area (TPSA) is 121 Å². The van der Waals surface area contributed by atoms with Gasteiger partial charge in [-0.05, 0) is 6.42 Å². The monoisotopic (exact) mass is 374 g/mol. The lowest BCUT2D eigenvalue weighted by molar-refractivity contribution is 0.256. The molecule has 0 aliphatic rings. The van der Waals surface area contributed by atoms with Crippen molar-refractivity contribution in [2.45, 2.75) is 71.1 Å². The first-order chi connectivity index (χ1) is 10.6. The van der Waals surface area contributed by atoms with Crippen molar-refractivity contribution in [3.63, 3.8) is 0 Å². The van der Waals surface area contributed by atoms with Crippen molar-refractivity contribution in [2.24, 2.45) is 0 Å². The molecule has 0 aromatic rings. The zero-order chi connectivity index (χ0) is 17.8. The second-order valence-corrected chi connectivity index (χ2v) is 9.50. The van der Waals surface area contributed by atoms with Crippen LogP contribution in [-0.4, -0.2) is 48.5 Å². The summed E-state index contributed by atoms with van der Waals surface area (Å²) >= 11 is 0. The van der Waals surface area contributed by atoms with Crippen LogP contribution < -0.4 is 0 Å². The summed E-state index contributed by atoms with van der Waals surface area (Å²) in [6.45, 7) is 2.54. The van der Waals surface area contributed by atoms with Crippen LogP contribution in [0.15, 0.2) is 0 Å². The van der Waals surface area contributed by atoms with Gasteiger partial charge in [-0.3, -0.25) is 9.46 Å². The lowest BCUT2D eigenvalue weighted by Crippen LogP contribution is -2.28. The summed E-state index contributed by atoms with van der Waals surface area (Å²) in [5.74, 6) is 0. The van der Waals surface area contributed by atoms with Gasteiger partial charge in [-0.2, -0.15) is 14.7 Å². The summed E-state index contributed by atoms with van der Waals surface area (Å²) < 4.78 is 11.0. The van der Waals surface area contributed by atoms with Crippen LogP contribution in [0, 0.1) is 0 Å². The van der Waals surface area contributed by atoms with E-state index in [2.05, 4.69) is 6.92 Å². The van der Waals surface area contributed by atoms with Crippen LogP contribution in [0.2, 0.25) is 0 Å². The number of hydrogen-bond donors (Lipinski definition) is 5. The van der Waals surface area contributed by atoms with E-state index in [1.165, 1.54) is 43.4 Å². The Morgan fingerprint density at radius 2 is 1.26 bits per heavy atom. The number of unbranched alkanes of at least 4 members (excludes halogenated alkanes) is 9. The maximum Gasteiger partial charge on any atom is 0.419 e. The SMILES string of the molecule is CCCCCCCCCCCCN(CP(=O)(O)O)C[P+](O)(O)O. The van der Waals surface area contributed by atoms with E-state index in [-0.39, 0.29) is 0 Å². The first kappa shape index (κ1) is 23.4. The van der Waals surface area contributed by atoms with Crippen LogP contribution in [0.25, 0.3) is 0 Å². The van der Waals surface area contributed by atoms with Crippen LogP contribution in [0.1, 0.15) is 71.1 Å². The Balaban J connectivity index is 3.76. The molecule has 5 N–H and O–H groups in total. The predicted octanol–water partition coefficient (Wildman–Crippen LogP) is 3.04. The predicted molar refractivity (Wildman–Crippen MR) is 93.9 cm³/mol. The van der Waals surface area contributed by atoms with E-state index in [9.17, 15) is 4.57 Å². The first-order valence-corrected chi connectivity index (χ1v) is 12.1. The fourth-order valence-electron chi connectivity index (χ4n) is 2.54. The molecule has 0 saturated carbocycles. The van der Waals surface area contributed by atoms with Gasteiger partial charge >= 0.3 is 15.5 Å². The Morgan fingerprint density at radius 3 is 1.65 bits per heavy atom. The summed E-state index contributed by atoms with van der Waals surface area (Å²) in [6.07, 6.45) is 10.5. The van der Waals surface area contributed by atoms with E-state index in [0.717, 1.165) is 25.7 Å². The van der Waals surface area contributed by atoms with Crippen molar-refractivity contribution in [1.82, 2.24) is 4.90 Å². The minimum Gasteiger partial charge on any atom is -0.324 e. The van der Waals surface area contributed by atoms with Crippen LogP contribution in [-0.2, 0) is 4.57 Å². The lowest BCUT2D eigenvalue weighted by Gasteiger charge is -2.21. The Labute approximate surface area is 140 Å². The van der Waals surface area contributed by atoms with Gasteiger partial charge in [0.15, 0.2) is 6.29 Å². The molecule has 7 nitrogen and oxygen atoms in total. The second kappa shape index (κ2) is 12.7. The van der Waals surface area contributed by atoms with E-state index >= 15 is 0 Å². The van der Waals surface area contributed by atoms with E-state index in [0.29, 0.717) is 6.54 Å². The van der Waals surface area contributed by atoms with Crippen LogP contribution in [0.3, 0.4) is 0 Å². The quantitative estimate of drug-likeness (QED) is 0.221. The first-order valence-electron chi connectivity index (χ1n) is 8.47. The van der Waals surface area contributed by atoms with Crippen molar-refractivity contribution in [3.8, 4) is 0 Å². The fraction of sp³-hybridized carbons (Fsp3) is 1.00. The molecule has 0 spiro atoms. The highest BCUT2D eigenvalue weighted by Gasteiger charge is 2.35. The lowest BCUT2D eigenvalue weighted by atomic mass is 10.1. The van der Waals surface area contributed by atoms with Gasteiger partial charge in [0.25, 0.3) is 0 Å². The Kier molecular flexibility index (Phi) is 13.0. The molecule has 0 aromatic carbocycles. The summed E-state index contributed by atoms with van der Waals surface area (Å²) in [5.41, 5.74) is 0. The van der Waals surface area contributed by atoms with Crippen LogP contribution >= 0.6 is 15.5 Å². The third-order valence-corrected chi connectivity index (χ3v) is 5.15. The molecule has 0 radical (unpaired) electrons. The number of rotatable bonds is 15. The molecule has 0 aliphatic heterocycles. The molecule has 0 amide bonds. The number of nitrogens with zero attached hydrogens (tertiary/aromatic N) is 1. The third-order valence-electron chi connectivity index (χ3n) is 3.60. The molecule has 0 atom stereocenters. The standard InChI is InChI=1S/C14H33NO6P2/c1-2-3-4-5-6-7-8-9-10-11-12-15(13-22(16,17)18)14-23(19,20)21/h16-18H,2-14H2,1H3,(H-,19,20,21)/p+1. The summed E-state index contributed by atoms with van der Waals surface area (Å²) in [7, 11) is -8.33. The van der Waals surface area contributed by atoms with Gasteiger partial charge < -0.3 is 9.79 Å². The molecule has 0 bridgehead atoms. The maximum atomic E-state index is 11.0. The third kappa shape index (κ3) is 18.6. The molecular formula is C14H34NO6P2+. The Hall–Kier alpha value is 0.420. The van der Waals surface area contributed by atoms with E-state index in [1.54, 1.807) is 0 Å². The van der Waals surface area contributed by atoms with Crippen molar-refractivity contribution in [1.29, 1.82) is 0 Å². The molecule has 0 saturated heterocycles. The summed E-state index contributed by atoms with van der Waals surface area (Å²) in [6, 6.07) is 0.